The fourth-order valence-corrected chi connectivity index (χ4v) is 2.79. The highest BCUT2D eigenvalue weighted by molar-refractivity contribution is 5.76. The Bertz CT molecular complexity index is 402. The summed E-state index contributed by atoms with van der Waals surface area (Å²) in [7, 11) is 0. The number of hydrogen-bond donors (Lipinski definition) is 2. The van der Waals surface area contributed by atoms with Gasteiger partial charge in [0, 0.05) is 12.5 Å². The lowest BCUT2D eigenvalue weighted by Gasteiger charge is -2.23. The third-order valence-electron chi connectivity index (χ3n) is 3.94. The van der Waals surface area contributed by atoms with Crippen molar-refractivity contribution in [2.45, 2.75) is 57.1 Å². The van der Waals surface area contributed by atoms with Crippen LogP contribution in [0, 0.1) is 0 Å². The number of nitrogens with two attached hydrogens (primary N) is 1. The summed E-state index contributed by atoms with van der Waals surface area (Å²) >= 11 is 0. The zero-order chi connectivity index (χ0) is 14.2. The minimum Gasteiger partial charge on any atom is -0.353 e. The SMILES string of the molecule is NOC(CCC(=O)NC1CCCCC1)c1ccccc1. The minimum absolute atomic E-state index is 0.106. The molecule has 4 nitrogen and oxygen atoms in total. The van der Waals surface area contributed by atoms with Crippen LogP contribution in [0.3, 0.4) is 0 Å². The second-order valence-electron chi connectivity index (χ2n) is 5.48. The maximum atomic E-state index is 12.0. The molecule has 4 heteroatoms. The number of hydrogen-bond acceptors (Lipinski definition) is 3. The maximum Gasteiger partial charge on any atom is 0.220 e. The van der Waals surface area contributed by atoms with E-state index in [9.17, 15) is 4.79 Å². The molecule has 110 valence electrons. The molecule has 1 aromatic carbocycles. The van der Waals surface area contributed by atoms with Crippen LogP contribution in [0.4, 0.5) is 0 Å². The first-order valence-electron chi connectivity index (χ1n) is 7.49. The van der Waals surface area contributed by atoms with E-state index in [1.807, 2.05) is 30.3 Å². The van der Waals surface area contributed by atoms with Gasteiger partial charge in [-0.2, -0.15) is 0 Å². The van der Waals surface area contributed by atoms with E-state index in [4.69, 9.17) is 10.7 Å². The van der Waals surface area contributed by atoms with Crippen LogP contribution in [0.1, 0.15) is 56.6 Å². The van der Waals surface area contributed by atoms with Crippen LogP contribution in [-0.4, -0.2) is 11.9 Å². The molecule has 0 bridgehead atoms. The van der Waals surface area contributed by atoms with Crippen LogP contribution in [0.25, 0.3) is 0 Å². The maximum absolute atomic E-state index is 12.0. The lowest BCUT2D eigenvalue weighted by atomic mass is 9.95. The van der Waals surface area contributed by atoms with E-state index in [1.54, 1.807) is 0 Å². The number of rotatable bonds is 6. The largest absolute Gasteiger partial charge is 0.353 e. The van der Waals surface area contributed by atoms with Crippen LogP contribution in [-0.2, 0) is 9.63 Å². The van der Waals surface area contributed by atoms with Crippen LogP contribution in [0.5, 0.6) is 0 Å². The lowest BCUT2D eigenvalue weighted by Crippen LogP contribution is -2.36. The Balaban J connectivity index is 1.76. The Hall–Kier alpha value is -1.39. The molecule has 0 aromatic heterocycles. The molecule has 0 heterocycles. The van der Waals surface area contributed by atoms with Gasteiger partial charge in [-0.3, -0.25) is 9.63 Å². The van der Waals surface area contributed by atoms with Crippen molar-refractivity contribution < 1.29 is 9.63 Å². The highest BCUT2D eigenvalue weighted by atomic mass is 16.6. The third kappa shape index (κ3) is 4.62. The topological polar surface area (TPSA) is 64.3 Å². The van der Waals surface area contributed by atoms with Crippen molar-refractivity contribution in [3.05, 3.63) is 35.9 Å². The zero-order valence-electron chi connectivity index (χ0n) is 11.9. The van der Waals surface area contributed by atoms with Gasteiger partial charge in [-0.15, -0.1) is 0 Å². The number of carbonyl (C=O) groups is 1. The van der Waals surface area contributed by atoms with Crippen molar-refractivity contribution in [3.8, 4) is 0 Å². The van der Waals surface area contributed by atoms with E-state index in [-0.39, 0.29) is 12.0 Å². The second kappa shape index (κ2) is 8.02. The minimum atomic E-state index is -0.215. The summed E-state index contributed by atoms with van der Waals surface area (Å²) < 4.78 is 0. The van der Waals surface area contributed by atoms with Gasteiger partial charge in [0.25, 0.3) is 0 Å². The number of nitrogens with one attached hydrogen (secondary N) is 1. The molecule has 1 atom stereocenters. The molecular weight excluding hydrogens is 252 g/mol. The Kier molecular flexibility index (Phi) is 6.02. The molecule has 0 saturated heterocycles. The van der Waals surface area contributed by atoms with Gasteiger partial charge >= 0.3 is 0 Å². The first-order valence-corrected chi connectivity index (χ1v) is 7.49. The van der Waals surface area contributed by atoms with Gasteiger partial charge in [0.15, 0.2) is 0 Å². The molecule has 1 amide bonds. The first-order chi connectivity index (χ1) is 9.79. The van der Waals surface area contributed by atoms with Crippen LogP contribution in [0.2, 0.25) is 0 Å². The smallest absolute Gasteiger partial charge is 0.220 e. The molecular formula is C16H24N2O2. The van der Waals surface area contributed by atoms with E-state index < -0.39 is 0 Å². The first kappa shape index (κ1) is 15.0. The standard InChI is InChI=1S/C16H24N2O2/c17-20-15(13-7-3-1-4-8-13)11-12-16(19)18-14-9-5-2-6-10-14/h1,3-4,7-8,14-15H,2,5-6,9-12,17H2,(H,18,19). The Morgan fingerprint density at radius 2 is 1.95 bits per heavy atom. The van der Waals surface area contributed by atoms with Gasteiger partial charge in [0.05, 0.1) is 0 Å². The van der Waals surface area contributed by atoms with E-state index in [2.05, 4.69) is 5.32 Å². The summed E-state index contributed by atoms with van der Waals surface area (Å²) in [6, 6.07) is 10.2. The Morgan fingerprint density at radius 1 is 1.25 bits per heavy atom. The van der Waals surface area contributed by atoms with Gasteiger partial charge in [-0.1, -0.05) is 49.6 Å². The van der Waals surface area contributed by atoms with E-state index >= 15 is 0 Å². The molecule has 3 N–H and O–H groups in total. The molecule has 1 saturated carbocycles. The molecule has 1 fully saturated rings. The highest BCUT2D eigenvalue weighted by Crippen LogP contribution is 2.21. The average Bonchev–Trinajstić information content (AvgIpc) is 2.50. The number of carbonyl (C=O) groups excluding carboxylic acids is 1. The van der Waals surface area contributed by atoms with Gasteiger partial charge in [-0.05, 0) is 24.8 Å². The molecule has 0 radical (unpaired) electrons. The average molecular weight is 276 g/mol. The summed E-state index contributed by atoms with van der Waals surface area (Å²) in [6.45, 7) is 0. The lowest BCUT2D eigenvalue weighted by molar-refractivity contribution is -0.122. The monoisotopic (exact) mass is 276 g/mol. The van der Waals surface area contributed by atoms with Gasteiger partial charge in [-0.25, -0.2) is 5.90 Å². The molecule has 0 spiro atoms. The predicted octanol–water partition coefficient (Wildman–Crippen LogP) is 2.85. The fraction of sp³-hybridized carbons (Fsp3) is 0.562. The molecule has 20 heavy (non-hydrogen) atoms. The van der Waals surface area contributed by atoms with Crippen LogP contribution >= 0.6 is 0 Å². The second-order valence-corrected chi connectivity index (χ2v) is 5.48. The predicted molar refractivity (Wildman–Crippen MR) is 78.7 cm³/mol. The van der Waals surface area contributed by atoms with E-state index in [1.165, 1.54) is 19.3 Å². The molecule has 1 aromatic rings. The Morgan fingerprint density at radius 3 is 2.60 bits per heavy atom. The summed E-state index contributed by atoms with van der Waals surface area (Å²) in [5.74, 6) is 5.45. The summed E-state index contributed by atoms with van der Waals surface area (Å²) in [6.07, 6.45) is 6.82. The van der Waals surface area contributed by atoms with Gasteiger partial charge in [0.1, 0.15) is 6.10 Å². The van der Waals surface area contributed by atoms with E-state index in [0.717, 1.165) is 18.4 Å². The molecule has 1 aliphatic rings. The summed E-state index contributed by atoms with van der Waals surface area (Å²) in [5.41, 5.74) is 1.01. The van der Waals surface area contributed by atoms with Gasteiger partial charge < -0.3 is 5.32 Å². The summed E-state index contributed by atoms with van der Waals surface area (Å²) in [4.78, 5) is 17.0. The molecule has 2 rings (SSSR count). The van der Waals surface area contributed by atoms with Crippen LogP contribution in [0.15, 0.2) is 30.3 Å². The normalized spacial score (nSPS) is 17.6. The fourth-order valence-electron chi connectivity index (χ4n) is 2.79. The van der Waals surface area contributed by atoms with Crippen molar-refractivity contribution in [3.63, 3.8) is 0 Å². The number of benzene rings is 1. The van der Waals surface area contributed by atoms with Crippen molar-refractivity contribution in [1.29, 1.82) is 0 Å². The van der Waals surface area contributed by atoms with Crippen molar-refractivity contribution >= 4 is 5.91 Å². The van der Waals surface area contributed by atoms with E-state index in [0.29, 0.717) is 18.9 Å². The highest BCUT2D eigenvalue weighted by Gasteiger charge is 2.17. The summed E-state index contributed by atoms with van der Waals surface area (Å²) in [5, 5.41) is 3.11. The quantitative estimate of drug-likeness (QED) is 0.785. The van der Waals surface area contributed by atoms with Crippen LogP contribution < -0.4 is 11.2 Å². The van der Waals surface area contributed by atoms with Crippen molar-refractivity contribution in [2.24, 2.45) is 5.90 Å². The van der Waals surface area contributed by atoms with Crippen molar-refractivity contribution in [1.82, 2.24) is 5.32 Å². The zero-order valence-corrected chi connectivity index (χ0v) is 11.9. The number of amides is 1. The van der Waals surface area contributed by atoms with Crippen molar-refractivity contribution in [2.75, 3.05) is 0 Å². The molecule has 1 aliphatic carbocycles. The Labute approximate surface area is 120 Å². The molecule has 0 aliphatic heterocycles. The molecule has 1 unspecified atom stereocenters. The van der Waals surface area contributed by atoms with Gasteiger partial charge in [0.2, 0.25) is 5.91 Å². The third-order valence-corrected chi connectivity index (χ3v) is 3.94.